The molecule has 0 saturated carbocycles. The summed E-state index contributed by atoms with van der Waals surface area (Å²) < 4.78 is 2.48. The van der Waals surface area contributed by atoms with Crippen LogP contribution in [-0.4, -0.2) is 33.3 Å². The number of carbonyl (C=O) groups is 2. The minimum atomic E-state index is -1.26. The molecule has 3 N–H and O–H groups in total. The Morgan fingerprint density at radius 3 is 2.00 bits per heavy atom. The van der Waals surface area contributed by atoms with Crippen molar-refractivity contribution in [2.24, 2.45) is 0 Å². The Hall–Kier alpha value is -3.64. The van der Waals surface area contributed by atoms with E-state index >= 15 is 0 Å². The van der Waals surface area contributed by atoms with Gasteiger partial charge in [-0.25, -0.2) is 9.59 Å². The van der Waals surface area contributed by atoms with E-state index in [-0.39, 0.29) is 0 Å². The summed E-state index contributed by atoms with van der Waals surface area (Å²) in [5, 5.41) is 19.2. The fraction of sp³-hybridized carbons (Fsp3) is 0.167. The maximum atomic E-state index is 9.55. The van der Waals surface area contributed by atoms with Crippen LogP contribution < -0.4 is 5.32 Å². The van der Waals surface area contributed by atoms with Gasteiger partial charge in [-0.15, -0.1) is 0 Å². The van der Waals surface area contributed by atoms with E-state index in [0.717, 1.165) is 13.1 Å². The van der Waals surface area contributed by atoms with Crippen molar-refractivity contribution in [3.05, 3.63) is 84.6 Å². The average Bonchev–Trinajstić information content (AvgIpc) is 3.15. The highest BCUT2D eigenvalue weighted by molar-refractivity contribution is 5.89. The Labute approximate surface area is 175 Å². The molecule has 3 aromatic rings. The molecule has 0 spiro atoms. The molecule has 1 aliphatic heterocycles. The summed E-state index contributed by atoms with van der Waals surface area (Å²) in [6.45, 7) is 4.29. The van der Waals surface area contributed by atoms with Gasteiger partial charge in [-0.3, -0.25) is 0 Å². The van der Waals surface area contributed by atoms with E-state index in [9.17, 15) is 9.59 Å². The summed E-state index contributed by atoms with van der Waals surface area (Å²) in [7, 11) is 0. The molecule has 6 nitrogen and oxygen atoms in total. The van der Waals surface area contributed by atoms with Gasteiger partial charge >= 0.3 is 11.9 Å². The lowest BCUT2D eigenvalue weighted by Crippen LogP contribution is -2.31. The van der Waals surface area contributed by atoms with Crippen molar-refractivity contribution < 1.29 is 19.8 Å². The van der Waals surface area contributed by atoms with Gasteiger partial charge in [-0.1, -0.05) is 60.7 Å². The quantitative estimate of drug-likeness (QED) is 0.567. The van der Waals surface area contributed by atoms with E-state index in [1.54, 1.807) is 0 Å². The monoisotopic (exact) mass is 404 g/mol. The predicted molar refractivity (Wildman–Crippen MR) is 116 cm³/mol. The second kappa shape index (κ2) is 9.71. The maximum Gasteiger partial charge on any atom is 0.328 e. The summed E-state index contributed by atoms with van der Waals surface area (Å²) in [6.07, 6.45) is 1.12. The first-order valence-corrected chi connectivity index (χ1v) is 9.69. The van der Waals surface area contributed by atoms with Crippen LogP contribution in [0, 0.1) is 0 Å². The zero-order chi connectivity index (χ0) is 21.5. The maximum absolute atomic E-state index is 9.55. The van der Waals surface area contributed by atoms with Crippen molar-refractivity contribution in [1.82, 2.24) is 9.88 Å². The van der Waals surface area contributed by atoms with Crippen molar-refractivity contribution in [2.45, 2.75) is 19.5 Å². The van der Waals surface area contributed by atoms with Crippen LogP contribution in [-0.2, 0) is 16.1 Å². The molecule has 0 radical (unpaired) electrons. The number of fused-ring (bicyclic) bond motifs is 1. The molecule has 0 fully saturated rings. The minimum absolute atomic E-state index is 0.397. The molecule has 0 amide bonds. The third kappa shape index (κ3) is 5.04. The summed E-state index contributed by atoms with van der Waals surface area (Å²) in [5.74, 6) is -2.51. The van der Waals surface area contributed by atoms with Gasteiger partial charge in [0.1, 0.15) is 0 Å². The van der Waals surface area contributed by atoms with Crippen LogP contribution in [0.25, 0.3) is 22.4 Å². The van der Waals surface area contributed by atoms with Crippen molar-refractivity contribution >= 4 is 11.9 Å². The zero-order valence-corrected chi connectivity index (χ0v) is 16.7. The largest absolute Gasteiger partial charge is 0.478 e. The van der Waals surface area contributed by atoms with E-state index in [4.69, 9.17) is 10.2 Å². The molecular weight excluding hydrogens is 380 g/mol. The molecule has 2 heterocycles. The molecule has 6 heteroatoms. The zero-order valence-electron chi connectivity index (χ0n) is 16.7. The summed E-state index contributed by atoms with van der Waals surface area (Å²) in [5.41, 5.74) is 6.63. The Kier molecular flexibility index (Phi) is 6.83. The number of nitrogens with one attached hydrogen (secondary N) is 1. The summed E-state index contributed by atoms with van der Waals surface area (Å²) in [4.78, 5) is 19.1. The van der Waals surface area contributed by atoms with Crippen LogP contribution in [0.15, 0.2) is 78.9 Å². The summed E-state index contributed by atoms with van der Waals surface area (Å²) in [6, 6.07) is 24.2. The predicted octanol–water partition coefficient (Wildman–Crippen LogP) is 4.20. The Bertz CT molecular complexity index is 1020. The highest BCUT2D eigenvalue weighted by Gasteiger charge is 2.23. The Balaban J connectivity index is 0.000000275. The van der Waals surface area contributed by atoms with E-state index in [2.05, 4.69) is 83.5 Å². The van der Waals surface area contributed by atoms with Gasteiger partial charge in [0, 0.05) is 42.5 Å². The normalized spacial score (nSPS) is 15.2. The third-order valence-corrected chi connectivity index (χ3v) is 4.86. The van der Waals surface area contributed by atoms with Crippen molar-refractivity contribution in [2.75, 3.05) is 6.54 Å². The van der Waals surface area contributed by atoms with E-state index < -0.39 is 11.9 Å². The standard InChI is InChI=1S/C20H20N2.C4H4O4/c1-15-19-14-18(16-8-4-2-5-9-16)20(22(19)13-12-21-15)17-10-6-3-7-11-17;5-3(6)1-2-4(7)8/h2-11,14-15,21H,12-13H2,1H3;1-2H,(H,5,6)(H,7,8)/b;2-1+. The van der Waals surface area contributed by atoms with Crippen LogP contribution >= 0.6 is 0 Å². The molecular formula is C24H24N2O4. The van der Waals surface area contributed by atoms with Gasteiger partial charge in [0.15, 0.2) is 0 Å². The van der Waals surface area contributed by atoms with Gasteiger partial charge < -0.3 is 20.1 Å². The first-order valence-electron chi connectivity index (χ1n) is 9.69. The van der Waals surface area contributed by atoms with Crippen LogP contribution in [0.4, 0.5) is 0 Å². The number of carboxylic acid groups (broad SMARTS) is 2. The van der Waals surface area contributed by atoms with Crippen molar-refractivity contribution in [1.29, 1.82) is 0 Å². The molecule has 1 unspecified atom stereocenters. The minimum Gasteiger partial charge on any atom is -0.478 e. The van der Waals surface area contributed by atoms with E-state index in [0.29, 0.717) is 18.2 Å². The number of aromatic nitrogens is 1. The third-order valence-electron chi connectivity index (χ3n) is 4.86. The van der Waals surface area contributed by atoms with Gasteiger partial charge in [-0.2, -0.15) is 0 Å². The molecule has 2 aromatic carbocycles. The van der Waals surface area contributed by atoms with Crippen molar-refractivity contribution in [3.63, 3.8) is 0 Å². The molecule has 154 valence electrons. The van der Waals surface area contributed by atoms with Crippen LogP contribution in [0.5, 0.6) is 0 Å². The van der Waals surface area contributed by atoms with Crippen molar-refractivity contribution in [3.8, 4) is 22.4 Å². The lowest BCUT2D eigenvalue weighted by Gasteiger charge is -2.25. The molecule has 1 atom stereocenters. The first kappa shape index (κ1) is 21.1. The van der Waals surface area contributed by atoms with Gasteiger partial charge in [0.2, 0.25) is 0 Å². The van der Waals surface area contributed by atoms with Crippen LogP contribution in [0.1, 0.15) is 18.7 Å². The summed E-state index contributed by atoms with van der Waals surface area (Å²) >= 11 is 0. The fourth-order valence-electron chi connectivity index (χ4n) is 3.55. The van der Waals surface area contributed by atoms with Gasteiger partial charge in [0.05, 0.1) is 5.69 Å². The number of hydrogen-bond acceptors (Lipinski definition) is 3. The Morgan fingerprint density at radius 2 is 1.47 bits per heavy atom. The highest BCUT2D eigenvalue weighted by Crippen LogP contribution is 2.38. The topological polar surface area (TPSA) is 91.6 Å². The van der Waals surface area contributed by atoms with Gasteiger partial charge in [0.25, 0.3) is 0 Å². The Morgan fingerprint density at radius 1 is 0.933 bits per heavy atom. The van der Waals surface area contributed by atoms with Gasteiger partial charge in [-0.05, 0) is 24.1 Å². The lowest BCUT2D eigenvalue weighted by atomic mass is 10.0. The molecule has 1 aliphatic rings. The molecule has 0 saturated heterocycles. The molecule has 0 bridgehead atoms. The molecule has 1 aromatic heterocycles. The number of benzene rings is 2. The van der Waals surface area contributed by atoms with Crippen LogP contribution in [0.3, 0.4) is 0 Å². The smallest absolute Gasteiger partial charge is 0.328 e. The molecule has 0 aliphatic carbocycles. The second-order valence-corrected chi connectivity index (χ2v) is 6.90. The fourth-order valence-corrected chi connectivity index (χ4v) is 3.55. The first-order chi connectivity index (χ1) is 14.5. The van der Waals surface area contributed by atoms with E-state index in [1.165, 1.54) is 28.1 Å². The SMILES string of the molecule is CC1NCCn2c1cc(-c1ccccc1)c2-c1ccccc1.O=C(O)/C=C/C(=O)O. The molecule has 30 heavy (non-hydrogen) atoms. The number of aliphatic carboxylic acids is 2. The molecule has 4 rings (SSSR count). The number of hydrogen-bond donors (Lipinski definition) is 3. The number of carboxylic acids is 2. The number of nitrogens with zero attached hydrogens (tertiary/aromatic N) is 1. The average molecular weight is 404 g/mol. The number of rotatable bonds is 4. The van der Waals surface area contributed by atoms with E-state index in [1.807, 2.05) is 0 Å². The highest BCUT2D eigenvalue weighted by atomic mass is 16.4. The van der Waals surface area contributed by atoms with Crippen LogP contribution in [0.2, 0.25) is 0 Å². The lowest BCUT2D eigenvalue weighted by molar-refractivity contribution is -0.134. The second-order valence-electron chi connectivity index (χ2n) is 6.90.